The molecule has 6 nitrogen and oxygen atoms in total. The Hall–Kier alpha value is -2.19. The minimum Gasteiger partial charge on any atom is -0.399 e. The van der Waals surface area contributed by atoms with Gasteiger partial charge in [-0.15, -0.1) is 11.3 Å². The summed E-state index contributed by atoms with van der Waals surface area (Å²) >= 11 is 2.93. The van der Waals surface area contributed by atoms with Gasteiger partial charge in [-0.05, 0) is 24.3 Å². The summed E-state index contributed by atoms with van der Waals surface area (Å²) in [5.41, 5.74) is 7.98. The van der Waals surface area contributed by atoms with Gasteiger partial charge in [0.2, 0.25) is 5.91 Å². The fourth-order valence-electron chi connectivity index (χ4n) is 1.67. The third-order valence-corrected chi connectivity index (χ3v) is 4.75. The highest BCUT2D eigenvalue weighted by Crippen LogP contribution is 2.30. The van der Waals surface area contributed by atoms with Crippen LogP contribution in [-0.2, 0) is 4.79 Å². The monoisotopic (exact) mass is 317 g/mol. The largest absolute Gasteiger partial charge is 0.399 e. The number of thiazole rings is 1. The number of amides is 1. The first-order chi connectivity index (χ1) is 10.2. The molecule has 21 heavy (non-hydrogen) atoms. The molecule has 0 saturated carbocycles. The molecule has 0 aliphatic carbocycles. The highest BCUT2D eigenvalue weighted by Gasteiger charge is 2.08. The summed E-state index contributed by atoms with van der Waals surface area (Å²) in [6.07, 6.45) is 3.03. The van der Waals surface area contributed by atoms with Gasteiger partial charge in [0.1, 0.15) is 0 Å². The highest BCUT2D eigenvalue weighted by atomic mass is 32.2. The molecule has 3 N–H and O–H groups in total. The first-order valence-electron chi connectivity index (χ1n) is 6.06. The van der Waals surface area contributed by atoms with Crippen LogP contribution >= 0.6 is 23.1 Å². The van der Waals surface area contributed by atoms with E-state index in [2.05, 4.69) is 20.5 Å². The molecule has 0 radical (unpaired) electrons. The molecular formula is C13H11N5OS2. The quantitative estimate of drug-likeness (QED) is 0.567. The highest BCUT2D eigenvalue weighted by molar-refractivity contribution is 8.01. The van der Waals surface area contributed by atoms with Gasteiger partial charge in [0.25, 0.3) is 0 Å². The number of hydrogen-bond donors (Lipinski definition) is 2. The van der Waals surface area contributed by atoms with Crippen LogP contribution in [0.2, 0.25) is 0 Å². The fraction of sp³-hybridized carbons (Fsp3) is 0.0769. The van der Waals surface area contributed by atoms with Gasteiger partial charge >= 0.3 is 0 Å². The predicted octanol–water partition coefficient (Wildman–Crippen LogP) is 2.40. The zero-order valence-electron chi connectivity index (χ0n) is 10.8. The minimum atomic E-state index is -0.105. The smallest absolute Gasteiger partial charge is 0.234 e. The second-order valence-corrected chi connectivity index (χ2v) is 6.43. The Morgan fingerprint density at radius 1 is 1.33 bits per heavy atom. The van der Waals surface area contributed by atoms with E-state index in [1.54, 1.807) is 6.07 Å². The molecule has 0 aliphatic rings. The Kier molecular flexibility index (Phi) is 3.98. The van der Waals surface area contributed by atoms with E-state index < -0.39 is 0 Å². The maximum absolute atomic E-state index is 11.8. The molecular weight excluding hydrogens is 306 g/mol. The fourth-order valence-corrected chi connectivity index (χ4v) is 3.59. The summed E-state index contributed by atoms with van der Waals surface area (Å²) in [4.78, 5) is 16.3. The SMILES string of the molecule is Nc1ccc2nc(SCC(=O)Nc3ccnnc3)sc2c1. The molecule has 2 heterocycles. The minimum absolute atomic E-state index is 0.105. The Labute approximate surface area is 128 Å². The van der Waals surface area contributed by atoms with Gasteiger partial charge in [-0.2, -0.15) is 10.2 Å². The third-order valence-electron chi connectivity index (χ3n) is 2.59. The van der Waals surface area contributed by atoms with Crippen molar-refractivity contribution in [1.29, 1.82) is 0 Å². The van der Waals surface area contributed by atoms with Crippen molar-refractivity contribution in [2.45, 2.75) is 4.34 Å². The van der Waals surface area contributed by atoms with Crippen LogP contribution in [0.4, 0.5) is 11.4 Å². The summed E-state index contributed by atoms with van der Waals surface area (Å²) in [6.45, 7) is 0. The van der Waals surface area contributed by atoms with E-state index in [9.17, 15) is 4.79 Å². The van der Waals surface area contributed by atoms with Gasteiger partial charge in [0.15, 0.2) is 4.34 Å². The van der Waals surface area contributed by atoms with Crippen LogP contribution in [0.1, 0.15) is 0 Å². The summed E-state index contributed by atoms with van der Waals surface area (Å²) in [6, 6.07) is 7.28. The van der Waals surface area contributed by atoms with Gasteiger partial charge in [-0.1, -0.05) is 11.8 Å². The lowest BCUT2D eigenvalue weighted by Gasteiger charge is -2.02. The molecule has 0 aliphatic heterocycles. The number of nitrogens with zero attached hydrogens (tertiary/aromatic N) is 3. The van der Waals surface area contributed by atoms with E-state index in [0.29, 0.717) is 11.4 Å². The second-order valence-electron chi connectivity index (χ2n) is 4.17. The molecule has 0 atom stereocenters. The number of nitrogen functional groups attached to an aromatic ring is 1. The van der Waals surface area contributed by atoms with Gasteiger partial charge < -0.3 is 11.1 Å². The average molecular weight is 317 g/mol. The molecule has 3 rings (SSSR count). The lowest BCUT2D eigenvalue weighted by Crippen LogP contribution is -2.14. The number of rotatable bonds is 4. The maximum Gasteiger partial charge on any atom is 0.234 e. The van der Waals surface area contributed by atoms with Gasteiger partial charge in [0.05, 0.1) is 34.1 Å². The molecule has 0 spiro atoms. The third kappa shape index (κ3) is 3.47. The zero-order valence-corrected chi connectivity index (χ0v) is 12.4. The van der Waals surface area contributed by atoms with E-state index in [1.807, 2.05) is 18.2 Å². The molecule has 0 fully saturated rings. The van der Waals surface area contributed by atoms with Crippen molar-refractivity contribution in [1.82, 2.24) is 15.2 Å². The van der Waals surface area contributed by atoms with Crippen molar-refractivity contribution < 1.29 is 4.79 Å². The molecule has 3 aromatic rings. The topological polar surface area (TPSA) is 93.8 Å². The number of anilines is 2. The van der Waals surface area contributed by atoms with Gasteiger partial charge in [-0.3, -0.25) is 4.79 Å². The predicted molar refractivity (Wildman–Crippen MR) is 85.4 cm³/mol. The van der Waals surface area contributed by atoms with Crippen molar-refractivity contribution in [3.63, 3.8) is 0 Å². The summed E-state index contributed by atoms with van der Waals surface area (Å²) in [7, 11) is 0. The Morgan fingerprint density at radius 2 is 2.24 bits per heavy atom. The van der Waals surface area contributed by atoms with Crippen molar-refractivity contribution in [3.05, 3.63) is 36.7 Å². The van der Waals surface area contributed by atoms with Gasteiger partial charge in [0, 0.05) is 5.69 Å². The van der Waals surface area contributed by atoms with E-state index in [0.717, 1.165) is 14.6 Å². The summed E-state index contributed by atoms with van der Waals surface area (Å²) in [5, 5.41) is 10.1. The summed E-state index contributed by atoms with van der Waals surface area (Å²) in [5.74, 6) is 0.184. The zero-order chi connectivity index (χ0) is 14.7. The molecule has 0 bridgehead atoms. The standard InChI is InChI=1S/C13H11N5OS2/c14-8-1-2-10-11(5-8)21-13(18-10)20-7-12(19)17-9-3-4-15-16-6-9/h1-6H,7,14H2,(H,15,17,19). The molecule has 2 aromatic heterocycles. The Balaban J connectivity index is 1.62. The van der Waals surface area contributed by atoms with Crippen LogP contribution in [0.5, 0.6) is 0 Å². The second kappa shape index (κ2) is 6.06. The van der Waals surface area contributed by atoms with E-state index >= 15 is 0 Å². The number of hydrogen-bond acceptors (Lipinski definition) is 7. The molecule has 8 heteroatoms. The van der Waals surface area contributed by atoms with Crippen LogP contribution in [0.3, 0.4) is 0 Å². The lowest BCUT2D eigenvalue weighted by atomic mass is 10.3. The summed E-state index contributed by atoms with van der Waals surface area (Å²) < 4.78 is 1.87. The average Bonchev–Trinajstić information content (AvgIpc) is 2.88. The number of carbonyl (C=O) groups is 1. The van der Waals surface area contributed by atoms with Gasteiger partial charge in [-0.25, -0.2) is 4.98 Å². The normalized spacial score (nSPS) is 10.7. The van der Waals surface area contributed by atoms with E-state index in [1.165, 1.54) is 35.5 Å². The molecule has 1 aromatic carbocycles. The lowest BCUT2D eigenvalue weighted by molar-refractivity contribution is -0.113. The van der Waals surface area contributed by atoms with Crippen molar-refractivity contribution in [3.8, 4) is 0 Å². The Morgan fingerprint density at radius 3 is 3.05 bits per heavy atom. The molecule has 0 unspecified atom stereocenters. The van der Waals surface area contributed by atoms with Crippen molar-refractivity contribution in [2.75, 3.05) is 16.8 Å². The number of carbonyl (C=O) groups excluding carboxylic acids is 1. The molecule has 0 saturated heterocycles. The first-order valence-corrected chi connectivity index (χ1v) is 7.86. The van der Waals surface area contributed by atoms with Crippen molar-refractivity contribution in [2.24, 2.45) is 0 Å². The van der Waals surface area contributed by atoms with Crippen LogP contribution in [-0.4, -0.2) is 26.8 Å². The Bertz CT molecular complexity index is 775. The number of aromatic nitrogens is 3. The number of nitrogens with one attached hydrogen (secondary N) is 1. The van der Waals surface area contributed by atoms with Crippen LogP contribution in [0, 0.1) is 0 Å². The maximum atomic E-state index is 11.8. The molecule has 106 valence electrons. The van der Waals surface area contributed by atoms with Crippen LogP contribution < -0.4 is 11.1 Å². The van der Waals surface area contributed by atoms with Crippen LogP contribution in [0.25, 0.3) is 10.2 Å². The number of fused-ring (bicyclic) bond motifs is 1. The van der Waals surface area contributed by atoms with E-state index in [4.69, 9.17) is 5.73 Å². The number of benzene rings is 1. The van der Waals surface area contributed by atoms with Crippen molar-refractivity contribution >= 4 is 50.6 Å². The van der Waals surface area contributed by atoms with E-state index in [-0.39, 0.29) is 11.7 Å². The number of nitrogens with two attached hydrogens (primary N) is 1. The van der Waals surface area contributed by atoms with Crippen LogP contribution in [0.15, 0.2) is 41.0 Å². The molecule has 1 amide bonds. The first kappa shape index (κ1) is 13.8. The number of thioether (sulfide) groups is 1.